The topological polar surface area (TPSA) is 46.3 Å². The van der Waals surface area contributed by atoms with Crippen LogP contribution in [0.3, 0.4) is 0 Å². The molecule has 0 aromatic heterocycles. The Bertz CT molecular complexity index is 262. The monoisotopic (exact) mass is 252 g/mol. The normalized spacial score (nSPS) is 34.8. The number of amides is 1. The van der Waals surface area contributed by atoms with E-state index in [1.165, 1.54) is 38.5 Å². The molecule has 1 saturated heterocycles. The van der Waals surface area contributed by atoms with Crippen LogP contribution >= 0.6 is 0 Å². The summed E-state index contributed by atoms with van der Waals surface area (Å²) in [7, 11) is 0. The Morgan fingerprint density at radius 3 is 2.22 bits per heavy atom. The van der Waals surface area contributed by atoms with E-state index in [-0.39, 0.29) is 12.0 Å². The molecule has 3 unspecified atom stereocenters. The van der Waals surface area contributed by atoms with Crippen LogP contribution in [0.4, 0.5) is 0 Å². The molecule has 1 saturated carbocycles. The van der Waals surface area contributed by atoms with Gasteiger partial charge >= 0.3 is 0 Å². The van der Waals surface area contributed by atoms with Crippen molar-refractivity contribution in [1.82, 2.24) is 4.90 Å². The Hall–Kier alpha value is -0.570. The largest absolute Gasteiger partial charge is 0.342 e. The molecule has 18 heavy (non-hydrogen) atoms. The van der Waals surface area contributed by atoms with Gasteiger partial charge in [0.2, 0.25) is 5.91 Å². The highest BCUT2D eigenvalue weighted by Crippen LogP contribution is 2.30. The van der Waals surface area contributed by atoms with Crippen LogP contribution in [0, 0.1) is 11.8 Å². The van der Waals surface area contributed by atoms with Crippen molar-refractivity contribution in [2.24, 2.45) is 17.6 Å². The summed E-state index contributed by atoms with van der Waals surface area (Å²) in [6.45, 7) is 4.11. The standard InChI is InChI=1S/C15H28N2O/c1-12-8-7-9-13(16)14(12)15(18)17-10-5-3-2-4-6-11-17/h12-14H,2-11,16H2,1H3. The summed E-state index contributed by atoms with van der Waals surface area (Å²) in [5.74, 6) is 0.890. The molecule has 2 aliphatic rings. The smallest absolute Gasteiger partial charge is 0.227 e. The van der Waals surface area contributed by atoms with Crippen LogP contribution in [-0.2, 0) is 4.79 Å². The summed E-state index contributed by atoms with van der Waals surface area (Å²) in [6, 6.07) is 0.0895. The molecule has 1 heterocycles. The van der Waals surface area contributed by atoms with Gasteiger partial charge in [-0.1, -0.05) is 32.6 Å². The van der Waals surface area contributed by atoms with Gasteiger partial charge < -0.3 is 10.6 Å². The van der Waals surface area contributed by atoms with Gasteiger partial charge in [-0.3, -0.25) is 4.79 Å². The van der Waals surface area contributed by atoms with Crippen molar-refractivity contribution in [2.75, 3.05) is 13.1 Å². The van der Waals surface area contributed by atoms with Gasteiger partial charge in [0.05, 0.1) is 5.92 Å². The first-order chi connectivity index (χ1) is 8.70. The highest BCUT2D eigenvalue weighted by molar-refractivity contribution is 5.80. The Morgan fingerprint density at radius 2 is 1.61 bits per heavy atom. The molecule has 3 heteroatoms. The Balaban J connectivity index is 1.98. The second kappa shape index (κ2) is 6.55. The fourth-order valence-electron chi connectivity index (χ4n) is 3.56. The SMILES string of the molecule is CC1CCCC(N)C1C(=O)N1CCCCCCC1. The lowest BCUT2D eigenvalue weighted by atomic mass is 9.76. The quantitative estimate of drug-likeness (QED) is 0.779. The average Bonchev–Trinajstić information content (AvgIpc) is 2.27. The third-order valence-electron chi connectivity index (χ3n) is 4.72. The fraction of sp³-hybridized carbons (Fsp3) is 0.933. The lowest BCUT2D eigenvalue weighted by molar-refractivity contribution is -0.139. The number of rotatable bonds is 1. The van der Waals surface area contributed by atoms with Crippen molar-refractivity contribution >= 4 is 5.91 Å². The van der Waals surface area contributed by atoms with Gasteiger partial charge in [-0.05, 0) is 31.6 Å². The van der Waals surface area contributed by atoms with Crippen LogP contribution < -0.4 is 5.73 Å². The third kappa shape index (κ3) is 3.25. The molecule has 2 N–H and O–H groups in total. The van der Waals surface area contributed by atoms with Crippen LogP contribution in [-0.4, -0.2) is 29.9 Å². The minimum Gasteiger partial charge on any atom is -0.342 e. The second-order valence-corrected chi connectivity index (χ2v) is 6.19. The summed E-state index contributed by atoms with van der Waals surface area (Å²) in [6.07, 6.45) is 9.59. The van der Waals surface area contributed by atoms with E-state index in [2.05, 4.69) is 11.8 Å². The lowest BCUT2D eigenvalue weighted by Gasteiger charge is -2.37. The van der Waals surface area contributed by atoms with E-state index in [9.17, 15) is 4.79 Å². The van der Waals surface area contributed by atoms with E-state index in [4.69, 9.17) is 5.73 Å². The predicted octanol–water partition coefficient (Wildman–Crippen LogP) is 2.54. The predicted molar refractivity (Wildman–Crippen MR) is 74.1 cm³/mol. The van der Waals surface area contributed by atoms with Crippen LogP contribution in [0.5, 0.6) is 0 Å². The molecule has 2 rings (SSSR count). The maximum Gasteiger partial charge on any atom is 0.227 e. The minimum absolute atomic E-state index is 0.0816. The zero-order chi connectivity index (χ0) is 13.0. The summed E-state index contributed by atoms with van der Waals surface area (Å²) in [4.78, 5) is 14.8. The molecule has 0 aromatic rings. The highest BCUT2D eigenvalue weighted by Gasteiger charge is 2.36. The van der Waals surface area contributed by atoms with Gasteiger partial charge in [-0.2, -0.15) is 0 Å². The molecule has 0 spiro atoms. The fourth-order valence-corrected chi connectivity index (χ4v) is 3.56. The zero-order valence-electron chi connectivity index (χ0n) is 11.7. The number of likely N-dealkylation sites (tertiary alicyclic amines) is 1. The molecule has 0 aromatic carbocycles. The van der Waals surface area contributed by atoms with Gasteiger partial charge in [0, 0.05) is 19.1 Å². The van der Waals surface area contributed by atoms with Crippen LogP contribution in [0.25, 0.3) is 0 Å². The molecule has 3 atom stereocenters. The summed E-state index contributed by atoms with van der Waals surface area (Å²) in [5.41, 5.74) is 6.20. The number of nitrogens with two attached hydrogens (primary N) is 1. The van der Waals surface area contributed by atoms with Crippen molar-refractivity contribution in [1.29, 1.82) is 0 Å². The average molecular weight is 252 g/mol. The first-order valence-corrected chi connectivity index (χ1v) is 7.74. The molecule has 1 aliphatic carbocycles. The van der Waals surface area contributed by atoms with Gasteiger partial charge in [0.25, 0.3) is 0 Å². The first-order valence-electron chi connectivity index (χ1n) is 7.74. The molecular formula is C15H28N2O. The van der Waals surface area contributed by atoms with Gasteiger partial charge in [0.1, 0.15) is 0 Å². The molecule has 2 fully saturated rings. The maximum atomic E-state index is 12.7. The van der Waals surface area contributed by atoms with Crippen molar-refractivity contribution in [2.45, 2.75) is 64.3 Å². The molecule has 1 amide bonds. The van der Waals surface area contributed by atoms with Crippen molar-refractivity contribution in [3.8, 4) is 0 Å². The first kappa shape index (κ1) is 13.9. The van der Waals surface area contributed by atoms with Crippen LogP contribution in [0.15, 0.2) is 0 Å². The minimum atomic E-state index is 0.0816. The van der Waals surface area contributed by atoms with E-state index in [1.807, 2.05) is 0 Å². The lowest BCUT2D eigenvalue weighted by Crippen LogP contribution is -2.49. The van der Waals surface area contributed by atoms with Gasteiger partial charge in [-0.15, -0.1) is 0 Å². The zero-order valence-corrected chi connectivity index (χ0v) is 11.7. The van der Waals surface area contributed by atoms with Gasteiger partial charge in [-0.25, -0.2) is 0 Å². The Morgan fingerprint density at radius 1 is 1.00 bits per heavy atom. The maximum absolute atomic E-state index is 12.7. The molecule has 104 valence electrons. The summed E-state index contributed by atoms with van der Waals surface area (Å²) in [5, 5.41) is 0. The molecule has 0 radical (unpaired) electrons. The van der Waals surface area contributed by atoms with E-state index in [0.29, 0.717) is 11.8 Å². The Labute approximate surface area is 111 Å². The van der Waals surface area contributed by atoms with Crippen molar-refractivity contribution < 1.29 is 4.79 Å². The number of nitrogens with zero attached hydrogens (tertiary/aromatic N) is 1. The summed E-state index contributed by atoms with van der Waals surface area (Å²) < 4.78 is 0. The van der Waals surface area contributed by atoms with Crippen molar-refractivity contribution in [3.63, 3.8) is 0 Å². The molecular weight excluding hydrogens is 224 g/mol. The van der Waals surface area contributed by atoms with Crippen LogP contribution in [0.1, 0.15) is 58.3 Å². The highest BCUT2D eigenvalue weighted by atomic mass is 16.2. The third-order valence-corrected chi connectivity index (χ3v) is 4.72. The second-order valence-electron chi connectivity index (χ2n) is 6.19. The van der Waals surface area contributed by atoms with E-state index < -0.39 is 0 Å². The number of carbonyl (C=O) groups is 1. The van der Waals surface area contributed by atoms with Gasteiger partial charge in [0.15, 0.2) is 0 Å². The number of hydrogen-bond donors (Lipinski definition) is 1. The van der Waals surface area contributed by atoms with E-state index in [0.717, 1.165) is 25.9 Å². The van der Waals surface area contributed by atoms with E-state index >= 15 is 0 Å². The van der Waals surface area contributed by atoms with Crippen molar-refractivity contribution in [3.05, 3.63) is 0 Å². The Kier molecular flexibility index (Phi) is 5.04. The van der Waals surface area contributed by atoms with E-state index in [1.54, 1.807) is 0 Å². The summed E-state index contributed by atoms with van der Waals surface area (Å²) >= 11 is 0. The number of hydrogen-bond acceptors (Lipinski definition) is 2. The van der Waals surface area contributed by atoms with Crippen LogP contribution in [0.2, 0.25) is 0 Å². The molecule has 1 aliphatic heterocycles. The number of carbonyl (C=O) groups excluding carboxylic acids is 1. The molecule has 3 nitrogen and oxygen atoms in total. The molecule has 0 bridgehead atoms.